The SMILES string of the molecule is C[C@H]1CN(c2ccc3cc(-c4cc5cnccc5s4)c(=O)oc3c2)CCN1. The fraction of sp³-hybridized carbons (Fsp3) is 0.238. The Morgan fingerprint density at radius 1 is 1.22 bits per heavy atom. The maximum absolute atomic E-state index is 12.7. The Labute approximate surface area is 160 Å². The molecule has 4 heterocycles. The normalized spacial score (nSPS) is 17.7. The summed E-state index contributed by atoms with van der Waals surface area (Å²) in [5.41, 5.74) is 2.04. The van der Waals surface area contributed by atoms with E-state index in [0.717, 1.165) is 45.7 Å². The molecule has 5 nitrogen and oxygen atoms in total. The van der Waals surface area contributed by atoms with Crippen molar-refractivity contribution in [2.75, 3.05) is 24.5 Å². The summed E-state index contributed by atoms with van der Waals surface area (Å²) in [4.78, 5) is 20.0. The van der Waals surface area contributed by atoms with Gasteiger partial charge in [-0.3, -0.25) is 4.98 Å². The lowest BCUT2D eigenvalue weighted by atomic mass is 10.1. The molecular formula is C21H19N3O2S. The van der Waals surface area contributed by atoms with Crippen molar-refractivity contribution in [2.24, 2.45) is 0 Å². The van der Waals surface area contributed by atoms with Crippen LogP contribution in [0.5, 0.6) is 0 Å². The van der Waals surface area contributed by atoms with E-state index in [2.05, 4.69) is 28.2 Å². The summed E-state index contributed by atoms with van der Waals surface area (Å²) in [5.74, 6) is 0. The number of rotatable bonds is 2. The third-order valence-corrected chi connectivity index (χ3v) is 6.18. The second kappa shape index (κ2) is 6.48. The Kier molecular flexibility index (Phi) is 3.95. The molecule has 0 bridgehead atoms. The first-order chi connectivity index (χ1) is 13.2. The van der Waals surface area contributed by atoms with E-state index in [1.54, 1.807) is 17.5 Å². The zero-order chi connectivity index (χ0) is 18.4. The second-order valence-electron chi connectivity index (χ2n) is 7.00. The van der Waals surface area contributed by atoms with Gasteiger partial charge in [0.05, 0.1) is 5.56 Å². The Balaban J connectivity index is 1.57. The molecule has 27 heavy (non-hydrogen) atoms. The fourth-order valence-corrected chi connectivity index (χ4v) is 4.69. The third-order valence-electron chi connectivity index (χ3n) is 5.04. The molecule has 1 aromatic carbocycles. The van der Waals surface area contributed by atoms with E-state index >= 15 is 0 Å². The first kappa shape index (κ1) is 16.5. The summed E-state index contributed by atoms with van der Waals surface area (Å²) in [6.07, 6.45) is 3.59. The second-order valence-corrected chi connectivity index (χ2v) is 8.08. The maximum atomic E-state index is 12.7. The largest absolute Gasteiger partial charge is 0.422 e. The van der Waals surface area contributed by atoms with E-state index in [0.29, 0.717) is 17.2 Å². The number of aromatic nitrogens is 1. The highest BCUT2D eigenvalue weighted by molar-refractivity contribution is 7.22. The number of hydrogen-bond donors (Lipinski definition) is 1. The summed E-state index contributed by atoms with van der Waals surface area (Å²) in [6, 6.07) is 12.5. The predicted molar refractivity (Wildman–Crippen MR) is 111 cm³/mol. The number of hydrogen-bond acceptors (Lipinski definition) is 6. The Bertz CT molecular complexity index is 1160. The molecule has 0 unspecified atom stereocenters. The summed E-state index contributed by atoms with van der Waals surface area (Å²) in [7, 11) is 0. The molecule has 1 saturated heterocycles. The van der Waals surface area contributed by atoms with Gasteiger partial charge in [0, 0.05) is 70.2 Å². The van der Waals surface area contributed by atoms with Gasteiger partial charge in [0.2, 0.25) is 0 Å². The number of nitrogens with one attached hydrogen (secondary N) is 1. The van der Waals surface area contributed by atoms with Crippen LogP contribution in [0.25, 0.3) is 31.5 Å². The number of nitrogens with zero attached hydrogens (tertiary/aromatic N) is 2. The minimum absolute atomic E-state index is 0.298. The molecule has 3 aromatic heterocycles. The van der Waals surface area contributed by atoms with Crippen molar-refractivity contribution >= 4 is 38.1 Å². The predicted octanol–water partition coefficient (Wildman–Crippen LogP) is 3.87. The summed E-state index contributed by atoms with van der Waals surface area (Å²) < 4.78 is 6.81. The summed E-state index contributed by atoms with van der Waals surface area (Å²) >= 11 is 1.58. The molecule has 1 atom stereocenters. The van der Waals surface area contributed by atoms with E-state index in [1.165, 1.54) is 0 Å². The summed E-state index contributed by atoms with van der Waals surface area (Å²) in [6.45, 7) is 5.04. The van der Waals surface area contributed by atoms with Gasteiger partial charge in [-0.2, -0.15) is 0 Å². The number of thiophene rings is 1. The van der Waals surface area contributed by atoms with Gasteiger partial charge < -0.3 is 14.6 Å². The highest BCUT2D eigenvalue weighted by Gasteiger charge is 2.17. The van der Waals surface area contributed by atoms with Gasteiger partial charge in [-0.15, -0.1) is 11.3 Å². The highest BCUT2D eigenvalue weighted by Crippen LogP contribution is 2.33. The van der Waals surface area contributed by atoms with Crippen LogP contribution in [0, 0.1) is 0 Å². The standard InChI is InChI=1S/C21H19N3O2S/c1-13-12-24(7-6-23-13)16-3-2-14-8-17(21(25)26-18(14)10-16)20-9-15-11-22-5-4-19(15)27-20/h2-5,8-11,13,23H,6-7,12H2,1H3/t13-/m0/s1. The highest BCUT2D eigenvalue weighted by atomic mass is 32.1. The number of pyridine rings is 1. The van der Waals surface area contributed by atoms with Crippen molar-refractivity contribution in [2.45, 2.75) is 13.0 Å². The minimum atomic E-state index is -0.298. The third kappa shape index (κ3) is 3.01. The van der Waals surface area contributed by atoms with Crippen LogP contribution in [0.3, 0.4) is 0 Å². The zero-order valence-corrected chi connectivity index (χ0v) is 15.8. The molecule has 0 spiro atoms. The van der Waals surface area contributed by atoms with E-state index in [1.807, 2.05) is 36.5 Å². The van der Waals surface area contributed by atoms with Crippen LogP contribution >= 0.6 is 11.3 Å². The van der Waals surface area contributed by atoms with Crippen LogP contribution in [0.4, 0.5) is 5.69 Å². The lowest BCUT2D eigenvalue weighted by Crippen LogP contribution is -2.49. The molecule has 1 N–H and O–H groups in total. The first-order valence-corrected chi connectivity index (χ1v) is 9.89. The van der Waals surface area contributed by atoms with Crippen LogP contribution in [-0.2, 0) is 0 Å². The number of anilines is 1. The van der Waals surface area contributed by atoms with E-state index in [4.69, 9.17) is 4.42 Å². The van der Waals surface area contributed by atoms with Gasteiger partial charge in [0.1, 0.15) is 5.58 Å². The lowest BCUT2D eigenvalue weighted by Gasteiger charge is -2.33. The molecule has 0 aliphatic carbocycles. The molecule has 0 amide bonds. The van der Waals surface area contributed by atoms with E-state index < -0.39 is 0 Å². The Morgan fingerprint density at radius 3 is 3.00 bits per heavy atom. The van der Waals surface area contributed by atoms with Gasteiger partial charge in [0.25, 0.3) is 0 Å². The Hall–Kier alpha value is -2.70. The monoisotopic (exact) mass is 377 g/mol. The first-order valence-electron chi connectivity index (χ1n) is 9.07. The van der Waals surface area contributed by atoms with Crippen molar-refractivity contribution in [3.63, 3.8) is 0 Å². The topological polar surface area (TPSA) is 58.4 Å². The maximum Gasteiger partial charge on any atom is 0.345 e. The van der Waals surface area contributed by atoms with Gasteiger partial charge in [-0.25, -0.2) is 4.79 Å². The minimum Gasteiger partial charge on any atom is -0.422 e. The molecule has 4 aromatic rings. The van der Waals surface area contributed by atoms with Crippen molar-refractivity contribution in [1.82, 2.24) is 10.3 Å². The summed E-state index contributed by atoms with van der Waals surface area (Å²) in [5, 5.41) is 5.43. The molecule has 136 valence electrons. The average molecular weight is 377 g/mol. The molecule has 5 rings (SSSR count). The van der Waals surface area contributed by atoms with Crippen molar-refractivity contribution in [3.05, 3.63) is 59.2 Å². The van der Waals surface area contributed by atoms with Gasteiger partial charge in [-0.05, 0) is 37.3 Å². The number of fused-ring (bicyclic) bond motifs is 2. The smallest absolute Gasteiger partial charge is 0.345 e. The van der Waals surface area contributed by atoms with Crippen LogP contribution in [0.1, 0.15) is 6.92 Å². The molecule has 1 aliphatic heterocycles. The van der Waals surface area contributed by atoms with E-state index in [-0.39, 0.29) is 5.63 Å². The average Bonchev–Trinajstić information content (AvgIpc) is 3.11. The van der Waals surface area contributed by atoms with Gasteiger partial charge in [0.15, 0.2) is 0 Å². The van der Waals surface area contributed by atoms with Gasteiger partial charge in [-0.1, -0.05) is 0 Å². The molecule has 1 fully saturated rings. The molecular weight excluding hydrogens is 358 g/mol. The fourth-order valence-electron chi connectivity index (χ4n) is 3.65. The van der Waals surface area contributed by atoms with Crippen LogP contribution in [0.15, 0.2) is 58.0 Å². The number of benzene rings is 1. The molecule has 0 radical (unpaired) electrons. The Morgan fingerprint density at radius 2 is 2.15 bits per heavy atom. The van der Waals surface area contributed by atoms with Crippen LogP contribution in [0.2, 0.25) is 0 Å². The van der Waals surface area contributed by atoms with Crippen LogP contribution < -0.4 is 15.8 Å². The molecule has 6 heteroatoms. The van der Waals surface area contributed by atoms with Crippen molar-refractivity contribution in [3.8, 4) is 10.4 Å². The molecule has 1 aliphatic rings. The lowest BCUT2D eigenvalue weighted by molar-refractivity contribution is 0.484. The number of piperazine rings is 1. The van der Waals surface area contributed by atoms with Gasteiger partial charge >= 0.3 is 5.63 Å². The molecule has 0 saturated carbocycles. The van der Waals surface area contributed by atoms with Crippen molar-refractivity contribution < 1.29 is 4.42 Å². The van der Waals surface area contributed by atoms with Crippen LogP contribution in [-0.4, -0.2) is 30.7 Å². The van der Waals surface area contributed by atoms with E-state index in [9.17, 15) is 4.79 Å². The van der Waals surface area contributed by atoms with Crippen molar-refractivity contribution in [1.29, 1.82) is 0 Å². The quantitative estimate of drug-likeness (QED) is 0.538. The zero-order valence-electron chi connectivity index (χ0n) is 14.9.